The molecule has 2 atom stereocenters. The first-order valence-corrected chi connectivity index (χ1v) is 9.04. The minimum absolute atomic E-state index is 0. The van der Waals surface area contributed by atoms with Gasteiger partial charge in [0.05, 0.1) is 0 Å². The summed E-state index contributed by atoms with van der Waals surface area (Å²) in [5.41, 5.74) is 7.10. The Morgan fingerprint density at radius 3 is 2.59 bits per heavy atom. The normalized spacial score (nSPS) is 22.7. The van der Waals surface area contributed by atoms with Gasteiger partial charge in [-0.05, 0) is 32.4 Å². The van der Waals surface area contributed by atoms with Crippen LogP contribution < -0.4 is 16.0 Å². The van der Waals surface area contributed by atoms with Gasteiger partial charge in [-0.15, -0.1) is 37.2 Å². The number of pyridine rings is 1. The van der Waals surface area contributed by atoms with Gasteiger partial charge >= 0.3 is 0 Å². The minimum Gasteiger partial charge on any atom is -0.354 e. The van der Waals surface area contributed by atoms with Crippen LogP contribution in [0.4, 0.5) is 5.82 Å². The molecule has 9 heteroatoms. The molecule has 1 amide bonds. The Morgan fingerprint density at radius 2 is 1.93 bits per heavy atom. The number of likely N-dealkylation sites (N-methyl/N-ethyl adjacent to an activating group) is 1. The van der Waals surface area contributed by atoms with E-state index in [1.165, 1.54) is 0 Å². The fourth-order valence-electron chi connectivity index (χ4n) is 3.66. The van der Waals surface area contributed by atoms with Gasteiger partial charge in [-0.2, -0.15) is 0 Å². The van der Waals surface area contributed by atoms with Crippen molar-refractivity contribution in [3.63, 3.8) is 0 Å². The molecular formula is C18H32Cl3N5O. The van der Waals surface area contributed by atoms with Gasteiger partial charge in [0.1, 0.15) is 5.82 Å². The third-order valence-electron chi connectivity index (χ3n) is 5.21. The number of anilines is 1. The number of hydrogen-bond acceptors (Lipinski definition) is 5. The van der Waals surface area contributed by atoms with Crippen LogP contribution in [-0.2, 0) is 11.3 Å². The third kappa shape index (κ3) is 7.27. The van der Waals surface area contributed by atoms with Crippen molar-refractivity contribution in [1.82, 2.24) is 15.2 Å². The number of nitrogens with one attached hydrogen (secondary N) is 1. The maximum absolute atomic E-state index is 12.4. The number of piperazine rings is 1. The second kappa shape index (κ2) is 12.6. The highest BCUT2D eigenvalue weighted by Crippen LogP contribution is 2.24. The van der Waals surface area contributed by atoms with E-state index in [1.807, 2.05) is 12.3 Å². The van der Waals surface area contributed by atoms with Crippen molar-refractivity contribution in [3.05, 3.63) is 23.9 Å². The molecule has 1 saturated carbocycles. The largest absolute Gasteiger partial charge is 0.354 e. The lowest BCUT2D eigenvalue weighted by Gasteiger charge is -2.34. The molecule has 0 spiro atoms. The van der Waals surface area contributed by atoms with Gasteiger partial charge in [0.25, 0.3) is 0 Å². The molecule has 1 aliphatic carbocycles. The summed E-state index contributed by atoms with van der Waals surface area (Å²) in [7, 11) is 2.14. The maximum atomic E-state index is 12.4. The van der Waals surface area contributed by atoms with E-state index in [0.29, 0.717) is 6.54 Å². The summed E-state index contributed by atoms with van der Waals surface area (Å²) in [6, 6.07) is 4.18. The van der Waals surface area contributed by atoms with Crippen molar-refractivity contribution in [2.45, 2.75) is 38.3 Å². The molecule has 0 bridgehead atoms. The Morgan fingerprint density at radius 1 is 1.22 bits per heavy atom. The van der Waals surface area contributed by atoms with Crippen molar-refractivity contribution < 1.29 is 4.79 Å². The predicted molar refractivity (Wildman–Crippen MR) is 117 cm³/mol. The molecule has 3 N–H and O–H groups in total. The summed E-state index contributed by atoms with van der Waals surface area (Å²) in [5, 5.41) is 3.11. The van der Waals surface area contributed by atoms with Gasteiger partial charge in [0.2, 0.25) is 5.91 Å². The molecule has 1 aromatic heterocycles. The van der Waals surface area contributed by atoms with Crippen molar-refractivity contribution in [3.8, 4) is 0 Å². The van der Waals surface area contributed by atoms with E-state index in [4.69, 9.17) is 5.73 Å². The fraction of sp³-hybridized carbons (Fsp3) is 0.667. The molecule has 2 aliphatic rings. The molecule has 0 aromatic carbocycles. The molecule has 6 nitrogen and oxygen atoms in total. The smallest absolute Gasteiger partial charge is 0.223 e. The minimum atomic E-state index is 0. The van der Waals surface area contributed by atoms with Gasteiger partial charge in [0.15, 0.2) is 0 Å². The molecular weight excluding hydrogens is 409 g/mol. The summed E-state index contributed by atoms with van der Waals surface area (Å²) >= 11 is 0. The number of nitrogens with two attached hydrogens (primary N) is 1. The fourth-order valence-corrected chi connectivity index (χ4v) is 3.66. The number of amides is 1. The van der Waals surface area contributed by atoms with Gasteiger partial charge in [-0.25, -0.2) is 4.98 Å². The Bertz CT molecular complexity index is 570. The summed E-state index contributed by atoms with van der Waals surface area (Å²) in [6.45, 7) is 4.59. The van der Waals surface area contributed by atoms with Gasteiger partial charge < -0.3 is 20.9 Å². The number of rotatable bonds is 4. The van der Waals surface area contributed by atoms with E-state index in [0.717, 1.165) is 63.2 Å². The van der Waals surface area contributed by atoms with Crippen molar-refractivity contribution >= 4 is 48.9 Å². The third-order valence-corrected chi connectivity index (χ3v) is 5.21. The summed E-state index contributed by atoms with van der Waals surface area (Å²) in [4.78, 5) is 21.7. The number of aromatic nitrogens is 1. The SMILES string of the molecule is CN1CCN(c2ncccc2CNC(=O)C2CCCC(N)C2)CC1.Cl.Cl.Cl. The molecule has 1 aromatic rings. The molecule has 3 rings (SSSR count). The standard InChI is InChI=1S/C18H29N5O.3ClH/c1-22-8-10-23(11-9-22)17-15(5-3-7-20-17)13-21-18(24)14-4-2-6-16(19)12-14;;;/h3,5,7,14,16H,2,4,6,8-13,19H2,1H3,(H,21,24);3*1H. The van der Waals surface area contributed by atoms with E-state index < -0.39 is 0 Å². The molecule has 2 fully saturated rings. The average Bonchev–Trinajstić information content (AvgIpc) is 2.61. The summed E-state index contributed by atoms with van der Waals surface area (Å²) < 4.78 is 0. The van der Waals surface area contributed by atoms with E-state index in [9.17, 15) is 4.79 Å². The van der Waals surface area contributed by atoms with Crippen LogP contribution in [-0.4, -0.2) is 55.1 Å². The Labute approximate surface area is 180 Å². The zero-order valence-electron chi connectivity index (χ0n) is 15.8. The quantitative estimate of drug-likeness (QED) is 0.751. The first-order valence-electron chi connectivity index (χ1n) is 9.04. The topological polar surface area (TPSA) is 74.5 Å². The van der Waals surface area contributed by atoms with Crippen LogP contribution in [0.1, 0.15) is 31.2 Å². The first kappa shape index (κ1) is 26.2. The lowest BCUT2D eigenvalue weighted by Crippen LogP contribution is -2.45. The Hall–Kier alpha value is -0.790. The number of carbonyl (C=O) groups excluding carboxylic acids is 1. The molecule has 2 unspecified atom stereocenters. The molecule has 0 radical (unpaired) electrons. The average molecular weight is 441 g/mol. The molecule has 1 aliphatic heterocycles. The zero-order valence-corrected chi connectivity index (χ0v) is 18.3. The van der Waals surface area contributed by atoms with Gasteiger partial charge in [0, 0.05) is 56.4 Å². The van der Waals surface area contributed by atoms with Crippen LogP contribution >= 0.6 is 37.2 Å². The molecule has 1 saturated heterocycles. The van der Waals surface area contributed by atoms with Crippen molar-refractivity contribution in [2.24, 2.45) is 11.7 Å². The lowest BCUT2D eigenvalue weighted by atomic mass is 9.85. The highest BCUT2D eigenvalue weighted by Gasteiger charge is 2.25. The van der Waals surface area contributed by atoms with Crippen LogP contribution in [0.3, 0.4) is 0 Å². The van der Waals surface area contributed by atoms with Crippen LogP contribution in [0.15, 0.2) is 18.3 Å². The van der Waals surface area contributed by atoms with Gasteiger partial charge in [-0.3, -0.25) is 4.79 Å². The second-order valence-corrected chi connectivity index (χ2v) is 7.12. The first-order chi connectivity index (χ1) is 11.6. The lowest BCUT2D eigenvalue weighted by molar-refractivity contribution is -0.126. The summed E-state index contributed by atoms with van der Waals surface area (Å²) in [6.07, 6.45) is 5.69. The Kier molecular flexibility index (Phi) is 12.3. The predicted octanol–water partition coefficient (Wildman–Crippen LogP) is 2.23. The second-order valence-electron chi connectivity index (χ2n) is 7.12. The monoisotopic (exact) mass is 439 g/mol. The van der Waals surface area contributed by atoms with Crippen LogP contribution in [0, 0.1) is 5.92 Å². The molecule has 27 heavy (non-hydrogen) atoms. The van der Waals surface area contributed by atoms with E-state index in [2.05, 4.69) is 33.2 Å². The van der Waals surface area contributed by atoms with Crippen LogP contribution in [0.5, 0.6) is 0 Å². The van der Waals surface area contributed by atoms with Crippen LogP contribution in [0.2, 0.25) is 0 Å². The highest BCUT2D eigenvalue weighted by molar-refractivity contribution is 5.86. The maximum Gasteiger partial charge on any atom is 0.223 e. The number of halogens is 3. The molecule has 2 heterocycles. The number of carbonyl (C=O) groups is 1. The highest BCUT2D eigenvalue weighted by atomic mass is 35.5. The summed E-state index contributed by atoms with van der Waals surface area (Å²) in [5.74, 6) is 1.21. The zero-order chi connectivity index (χ0) is 16.9. The van der Waals surface area contributed by atoms with E-state index in [-0.39, 0.29) is 55.1 Å². The number of hydrogen-bond donors (Lipinski definition) is 2. The number of nitrogens with zero attached hydrogens (tertiary/aromatic N) is 3. The van der Waals surface area contributed by atoms with Crippen molar-refractivity contribution in [2.75, 3.05) is 38.1 Å². The van der Waals surface area contributed by atoms with E-state index in [1.54, 1.807) is 0 Å². The van der Waals surface area contributed by atoms with E-state index >= 15 is 0 Å². The van der Waals surface area contributed by atoms with Crippen molar-refractivity contribution in [1.29, 1.82) is 0 Å². The molecule has 156 valence electrons. The van der Waals surface area contributed by atoms with Gasteiger partial charge in [-0.1, -0.05) is 12.5 Å². The van der Waals surface area contributed by atoms with Crippen LogP contribution in [0.25, 0.3) is 0 Å². The Balaban J connectivity index is 0.00000225.